The van der Waals surface area contributed by atoms with Gasteiger partial charge < -0.3 is 9.52 Å². The number of aliphatic hydroxyl groups is 1. The van der Waals surface area contributed by atoms with Crippen molar-refractivity contribution in [2.24, 2.45) is 0 Å². The summed E-state index contributed by atoms with van der Waals surface area (Å²) in [6, 6.07) is 3.39. The lowest BCUT2D eigenvalue weighted by atomic mass is 10.1. The molecule has 0 aliphatic carbocycles. The summed E-state index contributed by atoms with van der Waals surface area (Å²) in [5, 5.41) is 11.9. The molecule has 0 aliphatic rings. The maximum Gasteiger partial charge on any atom is 0.199 e. The topological polar surface area (TPSA) is 33.4 Å². The summed E-state index contributed by atoms with van der Waals surface area (Å²) in [6.45, 7) is 0. The van der Waals surface area contributed by atoms with Crippen molar-refractivity contribution in [1.82, 2.24) is 0 Å². The molecule has 0 fully saturated rings. The van der Waals surface area contributed by atoms with Crippen molar-refractivity contribution >= 4 is 34.5 Å². The van der Waals surface area contributed by atoms with E-state index in [0.717, 1.165) is 0 Å². The Morgan fingerprint density at radius 2 is 2.07 bits per heavy atom. The van der Waals surface area contributed by atoms with Crippen LogP contribution in [0.5, 0.6) is 0 Å². The molecular formula is C9H6Cl2O2S. The highest BCUT2D eigenvalue weighted by Gasteiger charge is 2.19. The molecule has 2 aromatic heterocycles. The van der Waals surface area contributed by atoms with E-state index >= 15 is 0 Å². The van der Waals surface area contributed by atoms with Crippen molar-refractivity contribution in [3.8, 4) is 0 Å². The van der Waals surface area contributed by atoms with E-state index in [2.05, 4.69) is 0 Å². The molecule has 0 bridgehead atoms. The molecule has 2 heterocycles. The van der Waals surface area contributed by atoms with Crippen LogP contribution in [0.4, 0.5) is 0 Å². The van der Waals surface area contributed by atoms with Crippen LogP contribution in [-0.4, -0.2) is 5.11 Å². The average molecular weight is 249 g/mol. The van der Waals surface area contributed by atoms with Gasteiger partial charge in [0.05, 0.1) is 10.6 Å². The SMILES string of the molecule is OC(c1ccoc1Cl)c1ccsc1Cl. The molecule has 0 radical (unpaired) electrons. The highest BCUT2D eigenvalue weighted by Crippen LogP contribution is 2.35. The predicted octanol–water partition coefficient (Wildman–Crippen LogP) is 3.73. The lowest BCUT2D eigenvalue weighted by Gasteiger charge is -2.07. The van der Waals surface area contributed by atoms with Gasteiger partial charge in [0.2, 0.25) is 0 Å². The van der Waals surface area contributed by atoms with Gasteiger partial charge in [-0.2, -0.15) is 0 Å². The molecule has 0 spiro atoms. The summed E-state index contributed by atoms with van der Waals surface area (Å²) in [6.07, 6.45) is 0.612. The van der Waals surface area contributed by atoms with E-state index in [1.54, 1.807) is 12.1 Å². The van der Waals surface area contributed by atoms with E-state index in [1.807, 2.05) is 5.38 Å². The van der Waals surface area contributed by atoms with E-state index < -0.39 is 6.10 Å². The molecule has 0 saturated heterocycles. The van der Waals surface area contributed by atoms with Gasteiger partial charge in [-0.3, -0.25) is 0 Å². The van der Waals surface area contributed by atoms with Crippen LogP contribution in [0.3, 0.4) is 0 Å². The highest BCUT2D eigenvalue weighted by molar-refractivity contribution is 7.14. The predicted molar refractivity (Wildman–Crippen MR) is 57.1 cm³/mol. The van der Waals surface area contributed by atoms with Crippen molar-refractivity contribution in [3.05, 3.63) is 44.5 Å². The fourth-order valence-electron chi connectivity index (χ4n) is 1.17. The Labute approximate surface area is 94.7 Å². The van der Waals surface area contributed by atoms with Gasteiger partial charge in [0.25, 0.3) is 0 Å². The zero-order valence-corrected chi connectivity index (χ0v) is 9.23. The molecule has 5 heteroatoms. The quantitative estimate of drug-likeness (QED) is 0.879. The number of aliphatic hydroxyl groups excluding tert-OH is 1. The Balaban J connectivity index is 2.38. The van der Waals surface area contributed by atoms with Crippen LogP contribution >= 0.6 is 34.5 Å². The molecule has 0 saturated carbocycles. The lowest BCUT2D eigenvalue weighted by molar-refractivity contribution is 0.220. The molecule has 1 N–H and O–H groups in total. The van der Waals surface area contributed by atoms with E-state index in [1.165, 1.54) is 17.6 Å². The molecular weight excluding hydrogens is 243 g/mol. The first kappa shape index (κ1) is 10.1. The van der Waals surface area contributed by atoms with Gasteiger partial charge in [0.15, 0.2) is 5.22 Å². The Kier molecular flexibility index (Phi) is 2.83. The second-order valence-corrected chi connectivity index (χ2v) is 4.56. The number of rotatable bonds is 2. The Bertz CT molecular complexity index is 395. The number of furan rings is 1. The van der Waals surface area contributed by atoms with Crippen LogP contribution in [0.15, 0.2) is 28.2 Å². The smallest absolute Gasteiger partial charge is 0.199 e. The second-order valence-electron chi connectivity index (χ2n) is 2.70. The summed E-state index contributed by atoms with van der Waals surface area (Å²) in [5.74, 6) is 0. The van der Waals surface area contributed by atoms with Crippen LogP contribution in [0, 0.1) is 0 Å². The molecule has 2 aromatic rings. The van der Waals surface area contributed by atoms with Gasteiger partial charge in [0.1, 0.15) is 6.10 Å². The molecule has 14 heavy (non-hydrogen) atoms. The number of halogens is 2. The van der Waals surface area contributed by atoms with Crippen molar-refractivity contribution in [3.63, 3.8) is 0 Å². The maximum atomic E-state index is 9.91. The lowest BCUT2D eigenvalue weighted by Crippen LogP contribution is -1.97. The van der Waals surface area contributed by atoms with Crippen LogP contribution < -0.4 is 0 Å². The molecule has 0 amide bonds. The first-order valence-corrected chi connectivity index (χ1v) is 5.47. The van der Waals surface area contributed by atoms with E-state index in [4.69, 9.17) is 27.6 Å². The van der Waals surface area contributed by atoms with E-state index in [0.29, 0.717) is 15.5 Å². The minimum Gasteiger partial charge on any atom is -0.453 e. The maximum absolute atomic E-state index is 9.91. The van der Waals surface area contributed by atoms with Crippen LogP contribution in [0.1, 0.15) is 17.2 Å². The van der Waals surface area contributed by atoms with Crippen LogP contribution in [0.25, 0.3) is 0 Å². The minimum absolute atomic E-state index is 0.194. The first-order valence-electron chi connectivity index (χ1n) is 3.84. The summed E-state index contributed by atoms with van der Waals surface area (Å²) in [4.78, 5) is 0. The van der Waals surface area contributed by atoms with Gasteiger partial charge in [-0.1, -0.05) is 11.6 Å². The largest absolute Gasteiger partial charge is 0.453 e. The third kappa shape index (κ3) is 1.68. The average Bonchev–Trinajstić information content (AvgIpc) is 2.73. The third-order valence-electron chi connectivity index (χ3n) is 1.88. The number of hydrogen-bond acceptors (Lipinski definition) is 3. The van der Waals surface area contributed by atoms with Crippen LogP contribution in [0.2, 0.25) is 9.56 Å². The molecule has 1 unspecified atom stereocenters. The van der Waals surface area contributed by atoms with E-state index in [9.17, 15) is 5.11 Å². The van der Waals surface area contributed by atoms with Crippen molar-refractivity contribution in [1.29, 1.82) is 0 Å². The van der Waals surface area contributed by atoms with Gasteiger partial charge in [-0.05, 0) is 29.1 Å². The fraction of sp³-hybridized carbons (Fsp3) is 0.111. The zero-order chi connectivity index (χ0) is 10.1. The van der Waals surface area contributed by atoms with Gasteiger partial charge >= 0.3 is 0 Å². The first-order chi connectivity index (χ1) is 6.70. The third-order valence-corrected chi connectivity index (χ3v) is 3.39. The highest BCUT2D eigenvalue weighted by atomic mass is 35.5. The molecule has 2 nitrogen and oxygen atoms in total. The Morgan fingerprint density at radius 3 is 2.57 bits per heavy atom. The summed E-state index contributed by atoms with van der Waals surface area (Å²) >= 11 is 13.0. The monoisotopic (exact) mass is 248 g/mol. The number of thiophene rings is 1. The summed E-state index contributed by atoms with van der Waals surface area (Å²) < 4.78 is 5.45. The molecule has 0 aliphatic heterocycles. The molecule has 2 rings (SSSR count). The fourth-order valence-corrected chi connectivity index (χ4v) is 2.35. The number of hydrogen-bond donors (Lipinski definition) is 1. The van der Waals surface area contributed by atoms with Crippen molar-refractivity contribution < 1.29 is 9.52 Å². The van der Waals surface area contributed by atoms with Gasteiger partial charge in [-0.15, -0.1) is 11.3 Å². The summed E-state index contributed by atoms with van der Waals surface area (Å²) in [5.41, 5.74) is 1.19. The van der Waals surface area contributed by atoms with E-state index in [-0.39, 0.29) is 5.22 Å². The second kappa shape index (κ2) is 3.95. The normalized spacial score (nSPS) is 13.1. The van der Waals surface area contributed by atoms with Gasteiger partial charge in [-0.25, -0.2) is 0 Å². The molecule has 0 aromatic carbocycles. The zero-order valence-electron chi connectivity index (χ0n) is 6.91. The van der Waals surface area contributed by atoms with Crippen molar-refractivity contribution in [2.45, 2.75) is 6.10 Å². The Morgan fingerprint density at radius 1 is 1.29 bits per heavy atom. The molecule has 74 valence electrons. The van der Waals surface area contributed by atoms with Gasteiger partial charge in [0, 0.05) is 11.1 Å². The van der Waals surface area contributed by atoms with Crippen LogP contribution in [-0.2, 0) is 0 Å². The summed E-state index contributed by atoms with van der Waals surface area (Å²) in [7, 11) is 0. The standard InChI is InChI=1S/C9H6Cl2O2S/c10-8-5(1-3-13-8)7(12)6-2-4-14-9(6)11/h1-4,7,12H. The van der Waals surface area contributed by atoms with Crippen molar-refractivity contribution in [2.75, 3.05) is 0 Å². The Hall–Kier alpha value is -0.480. The minimum atomic E-state index is -0.819. The molecule has 1 atom stereocenters.